The van der Waals surface area contributed by atoms with Gasteiger partial charge in [0.15, 0.2) is 6.29 Å². The van der Waals surface area contributed by atoms with Crippen molar-refractivity contribution in [2.24, 2.45) is 28.6 Å². The highest BCUT2D eigenvalue weighted by atomic mass is 16.7. The second-order valence-corrected chi connectivity index (χ2v) is 13.5. The van der Waals surface area contributed by atoms with Crippen LogP contribution in [0.25, 0.3) is 0 Å². The highest BCUT2D eigenvalue weighted by Crippen LogP contribution is 2.40. The molecule has 2 fully saturated rings. The first kappa shape index (κ1) is 26.6. The molecule has 3 rings (SSSR count). The Bertz CT molecular complexity index is 648. The molecule has 0 N–H and O–H groups in total. The summed E-state index contributed by atoms with van der Waals surface area (Å²) in [6, 6.07) is 8.73. The SMILES string of the molecule is CC(C)(C)Cc1ccc(OC(CC(C)(C)C)OCC(C2CCCCC2)C2CCCCC2)cc1. The van der Waals surface area contributed by atoms with Gasteiger partial charge in [-0.1, -0.05) is 118 Å². The van der Waals surface area contributed by atoms with E-state index in [4.69, 9.17) is 9.47 Å². The third kappa shape index (κ3) is 9.63. The van der Waals surface area contributed by atoms with E-state index in [2.05, 4.69) is 65.8 Å². The van der Waals surface area contributed by atoms with Crippen molar-refractivity contribution in [3.63, 3.8) is 0 Å². The van der Waals surface area contributed by atoms with Gasteiger partial charge in [-0.05, 0) is 52.7 Å². The molecule has 0 heterocycles. The lowest BCUT2D eigenvalue weighted by Crippen LogP contribution is -2.35. The maximum Gasteiger partial charge on any atom is 0.200 e. The van der Waals surface area contributed by atoms with Crippen LogP contribution in [0.1, 0.15) is 118 Å². The molecule has 1 atom stereocenters. The summed E-state index contributed by atoms with van der Waals surface area (Å²) in [6.45, 7) is 14.6. The van der Waals surface area contributed by atoms with Crippen LogP contribution in [0.2, 0.25) is 0 Å². The van der Waals surface area contributed by atoms with Crippen molar-refractivity contribution in [3.8, 4) is 5.75 Å². The van der Waals surface area contributed by atoms with Gasteiger partial charge in [-0.3, -0.25) is 0 Å². The molecule has 188 valence electrons. The molecule has 1 unspecified atom stereocenters. The molecule has 2 heteroatoms. The number of rotatable bonds is 9. The molecule has 2 nitrogen and oxygen atoms in total. The summed E-state index contributed by atoms with van der Waals surface area (Å²) in [5, 5.41) is 0. The summed E-state index contributed by atoms with van der Waals surface area (Å²) in [4.78, 5) is 0. The Kier molecular flexibility index (Phi) is 9.74. The van der Waals surface area contributed by atoms with Crippen molar-refractivity contribution in [1.82, 2.24) is 0 Å². The smallest absolute Gasteiger partial charge is 0.200 e. The zero-order valence-corrected chi connectivity index (χ0v) is 22.6. The third-order valence-electron chi connectivity index (χ3n) is 7.69. The van der Waals surface area contributed by atoms with Crippen LogP contribution >= 0.6 is 0 Å². The van der Waals surface area contributed by atoms with E-state index in [1.54, 1.807) is 0 Å². The van der Waals surface area contributed by atoms with Crippen LogP contribution in [0.4, 0.5) is 0 Å². The van der Waals surface area contributed by atoms with Crippen LogP contribution in [-0.4, -0.2) is 12.9 Å². The van der Waals surface area contributed by atoms with Crippen molar-refractivity contribution >= 4 is 0 Å². The van der Waals surface area contributed by atoms with Gasteiger partial charge in [0.25, 0.3) is 0 Å². The minimum absolute atomic E-state index is 0.169. The molecule has 1 aromatic carbocycles. The molecule has 1 aromatic rings. The predicted octanol–water partition coefficient (Wildman–Crippen LogP) is 9.21. The molecule has 2 saturated carbocycles. The Morgan fingerprint density at radius 2 is 1.24 bits per heavy atom. The van der Waals surface area contributed by atoms with Crippen LogP contribution in [0, 0.1) is 28.6 Å². The van der Waals surface area contributed by atoms with E-state index >= 15 is 0 Å². The molecule has 0 spiro atoms. The van der Waals surface area contributed by atoms with Gasteiger partial charge in [-0.25, -0.2) is 0 Å². The lowest BCUT2D eigenvalue weighted by molar-refractivity contribution is -0.123. The zero-order valence-electron chi connectivity index (χ0n) is 22.6. The molecular weight excluding hydrogens is 404 g/mol. The van der Waals surface area contributed by atoms with Gasteiger partial charge < -0.3 is 9.47 Å². The van der Waals surface area contributed by atoms with E-state index in [1.165, 1.54) is 69.8 Å². The Morgan fingerprint density at radius 3 is 1.70 bits per heavy atom. The largest absolute Gasteiger partial charge is 0.465 e. The second kappa shape index (κ2) is 12.1. The Labute approximate surface area is 205 Å². The molecule has 0 radical (unpaired) electrons. The van der Waals surface area contributed by atoms with E-state index < -0.39 is 0 Å². The van der Waals surface area contributed by atoms with Crippen LogP contribution in [0.3, 0.4) is 0 Å². The summed E-state index contributed by atoms with van der Waals surface area (Å²) in [5.41, 5.74) is 1.84. The summed E-state index contributed by atoms with van der Waals surface area (Å²) in [7, 11) is 0. The van der Waals surface area contributed by atoms with Gasteiger partial charge in [0.2, 0.25) is 0 Å². The lowest BCUT2D eigenvalue weighted by atomic mass is 9.70. The first-order valence-electron chi connectivity index (χ1n) is 14.0. The lowest BCUT2D eigenvalue weighted by Gasteiger charge is -2.38. The fourth-order valence-corrected chi connectivity index (χ4v) is 6.08. The second-order valence-electron chi connectivity index (χ2n) is 13.5. The summed E-state index contributed by atoms with van der Waals surface area (Å²) in [6.07, 6.45) is 16.0. The molecular formula is C31H52O2. The molecule has 0 amide bonds. The zero-order chi connectivity index (χ0) is 23.9. The van der Waals surface area contributed by atoms with Crippen molar-refractivity contribution in [1.29, 1.82) is 0 Å². The van der Waals surface area contributed by atoms with Gasteiger partial charge in [-0.2, -0.15) is 0 Å². The summed E-state index contributed by atoms with van der Waals surface area (Å²) < 4.78 is 13.2. The summed E-state index contributed by atoms with van der Waals surface area (Å²) >= 11 is 0. The van der Waals surface area contributed by atoms with E-state index in [0.29, 0.717) is 11.3 Å². The van der Waals surface area contributed by atoms with Crippen molar-refractivity contribution in [3.05, 3.63) is 29.8 Å². The molecule has 0 aromatic heterocycles. The fourth-order valence-electron chi connectivity index (χ4n) is 6.08. The number of hydrogen-bond acceptors (Lipinski definition) is 2. The van der Waals surface area contributed by atoms with Gasteiger partial charge in [0.05, 0.1) is 6.61 Å². The van der Waals surface area contributed by atoms with E-state index in [1.807, 2.05) is 0 Å². The number of benzene rings is 1. The van der Waals surface area contributed by atoms with Crippen LogP contribution in [0.15, 0.2) is 24.3 Å². The number of hydrogen-bond donors (Lipinski definition) is 0. The standard InChI is InChI=1S/C31H52O2/c1-30(2,3)21-24-17-19-27(20-18-24)33-29(22-31(4,5)6)32-23-28(25-13-9-7-10-14-25)26-15-11-8-12-16-26/h17-20,25-26,28-29H,7-16,21-23H2,1-6H3. The number of ether oxygens (including phenoxy) is 2. The Hall–Kier alpha value is -1.02. The average Bonchev–Trinajstić information content (AvgIpc) is 2.75. The van der Waals surface area contributed by atoms with Crippen molar-refractivity contribution < 1.29 is 9.47 Å². The molecule has 0 bridgehead atoms. The van der Waals surface area contributed by atoms with E-state index in [0.717, 1.165) is 37.0 Å². The molecule has 33 heavy (non-hydrogen) atoms. The van der Waals surface area contributed by atoms with Crippen LogP contribution in [0.5, 0.6) is 5.75 Å². The van der Waals surface area contributed by atoms with Gasteiger partial charge >= 0.3 is 0 Å². The first-order valence-corrected chi connectivity index (χ1v) is 14.0. The topological polar surface area (TPSA) is 18.5 Å². The first-order chi connectivity index (χ1) is 15.6. The fraction of sp³-hybridized carbons (Fsp3) is 0.806. The molecule has 2 aliphatic carbocycles. The maximum absolute atomic E-state index is 6.68. The monoisotopic (exact) mass is 456 g/mol. The minimum Gasteiger partial charge on any atom is -0.465 e. The predicted molar refractivity (Wildman–Crippen MR) is 141 cm³/mol. The highest BCUT2D eigenvalue weighted by Gasteiger charge is 2.33. The van der Waals surface area contributed by atoms with Crippen molar-refractivity contribution in [2.45, 2.75) is 125 Å². The minimum atomic E-state index is -0.173. The molecule has 0 aliphatic heterocycles. The third-order valence-corrected chi connectivity index (χ3v) is 7.69. The van der Waals surface area contributed by atoms with Gasteiger partial charge in [0, 0.05) is 6.42 Å². The summed E-state index contributed by atoms with van der Waals surface area (Å²) in [5.74, 6) is 3.36. The van der Waals surface area contributed by atoms with Crippen molar-refractivity contribution in [2.75, 3.05) is 6.61 Å². The van der Waals surface area contributed by atoms with E-state index in [-0.39, 0.29) is 11.7 Å². The van der Waals surface area contributed by atoms with E-state index in [9.17, 15) is 0 Å². The maximum atomic E-state index is 6.68. The normalized spacial score (nSPS) is 20.2. The Balaban J connectivity index is 1.66. The van der Waals surface area contributed by atoms with Gasteiger partial charge in [0.1, 0.15) is 5.75 Å². The molecule has 2 aliphatic rings. The highest BCUT2D eigenvalue weighted by molar-refractivity contribution is 5.28. The Morgan fingerprint density at radius 1 is 0.727 bits per heavy atom. The van der Waals surface area contributed by atoms with Gasteiger partial charge in [-0.15, -0.1) is 0 Å². The quantitative estimate of drug-likeness (QED) is 0.345. The molecule has 0 saturated heterocycles. The average molecular weight is 457 g/mol. The van der Waals surface area contributed by atoms with Crippen LogP contribution < -0.4 is 4.74 Å². The van der Waals surface area contributed by atoms with Crippen LogP contribution in [-0.2, 0) is 11.2 Å².